The number of nitrogens with zero attached hydrogens (tertiary/aromatic N) is 3. The van der Waals surface area contributed by atoms with Crippen molar-refractivity contribution in [1.82, 2.24) is 31.1 Å². The minimum atomic E-state index is -1.21. The molecule has 4 aromatic rings. The van der Waals surface area contributed by atoms with Gasteiger partial charge in [0.25, 0.3) is 0 Å². The van der Waals surface area contributed by atoms with Crippen molar-refractivity contribution in [2.24, 2.45) is 0 Å². The first-order chi connectivity index (χ1) is 28.8. The van der Waals surface area contributed by atoms with Gasteiger partial charge in [-0.3, -0.25) is 24.1 Å². The van der Waals surface area contributed by atoms with E-state index in [4.69, 9.17) is 19.2 Å². The van der Waals surface area contributed by atoms with Crippen molar-refractivity contribution >= 4 is 23.9 Å². The van der Waals surface area contributed by atoms with E-state index >= 15 is 0 Å². The van der Waals surface area contributed by atoms with E-state index in [-0.39, 0.29) is 44.6 Å². The number of aliphatic carboxylic acids is 1. The zero-order chi connectivity index (χ0) is 41.0. The molecule has 0 saturated carbocycles. The molecule has 3 saturated heterocycles. The number of rotatable bonds is 23. The van der Waals surface area contributed by atoms with Crippen molar-refractivity contribution in [2.45, 2.75) is 81.9 Å². The van der Waals surface area contributed by atoms with Crippen LogP contribution in [0.1, 0.15) is 79.5 Å². The van der Waals surface area contributed by atoms with E-state index in [9.17, 15) is 24.3 Å². The van der Waals surface area contributed by atoms with Crippen molar-refractivity contribution in [3.63, 3.8) is 0 Å². The smallest absolute Gasteiger partial charge is 0.408 e. The lowest BCUT2D eigenvalue weighted by Crippen LogP contribution is -2.56. The van der Waals surface area contributed by atoms with Gasteiger partial charge in [-0.15, -0.1) is 0 Å². The van der Waals surface area contributed by atoms with Crippen molar-refractivity contribution < 1.29 is 43.5 Å². The van der Waals surface area contributed by atoms with Gasteiger partial charge in [-0.2, -0.15) is 15.2 Å². The normalized spacial score (nSPS) is 22.8. The molecule has 0 radical (unpaired) electrons. The van der Waals surface area contributed by atoms with E-state index in [1.165, 1.54) is 0 Å². The van der Waals surface area contributed by atoms with Crippen LogP contribution in [0.3, 0.4) is 0 Å². The molecule has 0 aliphatic carbocycles. The van der Waals surface area contributed by atoms with Crippen LogP contribution in [0, 0.1) is 0 Å². The number of alkyl carbamates (subject to hydrolysis) is 1. The summed E-state index contributed by atoms with van der Waals surface area (Å²) in [6.07, 6.45) is 0.518. The quantitative estimate of drug-likeness (QED) is 0.0692. The van der Waals surface area contributed by atoms with Gasteiger partial charge in [0.05, 0.1) is 0 Å². The monoisotopic (exact) mass is 806 g/mol. The van der Waals surface area contributed by atoms with Gasteiger partial charge < -0.3 is 25.8 Å². The van der Waals surface area contributed by atoms with Crippen LogP contribution in [0.15, 0.2) is 121 Å². The van der Waals surface area contributed by atoms with E-state index < -0.39 is 42.0 Å². The number of ether oxygens (including phenoxy) is 1. The number of hydrogen-bond donors (Lipinski definition) is 4. The van der Waals surface area contributed by atoms with Crippen molar-refractivity contribution in [1.29, 1.82) is 0 Å². The Hall–Kier alpha value is -5.68. The molecule has 6 unspecified atom stereocenters. The maximum absolute atomic E-state index is 14.0. The Morgan fingerprint density at radius 1 is 0.525 bits per heavy atom. The second kappa shape index (κ2) is 20.3. The highest BCUT2D eigenvalue weighted by Crippen LogP contribution is 2.38. The van der Waals surface area contributed by atoms with E-state index in [1.54, 1.807) is 15.2 Å². The molecule has 3 amide bonds. The molecule has 15 heteroatoms. The summed E-state index contributed by atoms with van der Waals surface area (Å²) in [7, 11) is 0. The Labute approximate surface area is 343 Å². The summed E-state index contributed by atoms with van der Waals surface area (Å²) < 4.78 is 5.45. The van der Waals surface area contributed by atoms with Crippen molar-refractivity contribution in [2.75, 3.05) is 19.6 Å². The maximum Gasteiger partial charge on any atom is 0.408 e. The zero-order valence-electron chi connectivity index (χ0n) is 32.6. The topological polar surface area (TPSA) is 180 Å². The molecule has 3 fully saturated rings. The van der Waals surface area contributed by atoms with Gasteiger partial charge in [0.15, 0.2) is 18.7 Å². The van der Waals surface area contributed by atoms with Crippen LogP contribution in [0.25, 0.3) is 0 Å². The summed E-state index contributed by atoms with van der Waals surface area (Å²) in [5.74, 6) is -2.43. The van der Waals surface area contributed by atoms with Crippen LogP contribution >= 0.6 is 0 Å². The fourth-order valence-corrected chi connectivity index (χ4v) is 6.95. The summed E-state index contributed by atoms with van der Waals surface area (Å²) >= 11 is 0. The summed E-state index contributed by atoms with van der Waals surface area (Å²) in [4.78, 5) is 70.5. The second-order valence-electron chi connectivity index (χ2n) is 14.7. The Balaban J connectivity index is 0.974. The molecule has 0 aromatic heterocycles. The lowest BCUT2D eigenvalue weighted by Gasteiger charge is -2.24. The first-order valence-electron chi connectivity index (χ1n) is 20.1. The second-order valence-corrected chi connectivity index (χ2v) is 14.7. The first-order valence-corrected chi connectivity index (χ1v) is 20.1. The molecule has 4 aromatic carbocycles. The predicted octanol–water partition coefficient (Wildman–Crippen LogP) is 5.51. The molecule has 3 heterocycles. The zero-order valence-corrected chi connectivity index (χ0v) is 32.6. The average molecular weight is 807 g/mol. The number of amides is 3. The van der Waals surface area contributed by atoms with Crippen molar-refractivity contribution in [3.05, 3.63) is 144 Å². The molecule has 7 rings (SSSR count). The van der Waals surface area contributed by atoms with Gasteiger partial charge in [-0.05, 0) is 60.8 Å². The number of nitrogens with one attached hydrogen (secondary N) is 3. The molecule has 0 bridgehead atoms. The largest absolute Gasteiger partial charge is 0.480 e. The summed E-state index contributed by atoms with van der Waals surface area (Å²) in [6, 6.07) is 34.9. The Kier molecular flexibility index (Phi) is 14.3. The van der Waals surface area contributed by atoms with Crippen molar-refractivity contribution in [3.8, 4) is 0 Å². The third-order valence-electron chi connectivity index (χ3n) is 10.3. The molecule has 3 aliphatic rings. The molecule has 3 aliphatic heterocycles. The highest BCUT2D eigenvalue weighted by atomic mass is 16.8. The number of hydroxylamine groups is 6. The van der Waals surface area contributed by atoms with Gasteiger partial charge >= 0.3 is 12.1 Å². The Morgan fingerprint density at radius 3 is 1.29 bits per heavy atom. The third kappa shape index (κ3) is 12.4. The fraction of sp³-hybridized carbons (Fsp3) is 0.364. The number of benzene rings is 4. The number of carbonyl (C=O) groups is 4. The van der Waals surface area contributed by atoms with Crippen LogP contribution in [-0.2, 0) is 40.2 Å². The van der Waals surface area contributed by atoms with Gasteiger partial charge in [-0.1, -0.05) is 121 Å². The summed E-state index contributed by atoms with van der Waals surface area (Å²) in [5.41, 5.74) is 3.79. The van der Waals surface area contributed by atoms with Crippen LogP contribution in [0.2, 0.25) is 0 Å². The Morgan fingerprint density at radius 2 is 0.881 bits per heavy atom. The number of hydrogen-bond acceptors (Lipinski definition) is 11. The number of carboxylic acids is 1. The number of carbonyl (C=O) groups excluding carboxylic acids is 3. The van der Waals surface area contributed by atoms with Gasteiger partial charge in [-0.25, -0.2) is 9.59 Å². The van der Waals surface area contributed by atoms with Gasteiger partial charge in [0, 0.05) is 19.6 Å². The van der Waals surface area contributed by atoms with Crippen LogP contribution in [0.4, 0.5) is 4.79 Å². The fourth-order valence-electron chi connectivity index (χ4n) is 6.95. The molecular formula is C44H50N6O9. The van der Waals surface area contributed by atoms with Gasteiger partial charge in [0.1, 0.15) is 24.7 Å². The summed E-state index contributed by atoms with van der Waals surface area (Å²) in [5, 5.41) is 23.6. The molecule has 9 atom stereocenters. The maximum atomic E-state index is 14.0. The van der Waals surface area contributed by atoms with E-state index in [1.807, 2.05) is 121 Å². The Bertz CT molecular complexity index is 1980. The highest BCUT2D eigenvalue weighted by molar-refractivity contribution is 5.92. The summed E-state index contributed by atoms with van der Waals surface area (Å²) in [6.45, 7) is 1.43. The minimum Gasteiger partial charge on any atom is -0.480 e. The lowest BCUT2D eigenvalue weighted by atomic mass is 10.1. The highest BCUT2D eigenvalue weighted by Gasteiger charge is 2.40. The minimum absolute atomic E-state index is 0.00232. The molecular weight excluding hydrogens is 757 g/mol. The van der Waals surface area contributed by atoms with E-state index in [0.717, 1.165) is 22.3 Å². The standard InChI is InChI=1S/C44H50N6O9/c51-38(46-37(43(53)54)26-15-29-50-42(59-50)34-22-11-4-12-23-34)35(24-13-27-48-40(57-48)32-18-7-2-8-19-32)45-39(52)36(47-44(55)56-30-31-16-5-1-6-17-31)25-14-28-49-41(58-49)33-20-9-3-10-21-33/h1-12,16-23,35-37,40-42H,13-15,24-30H2,(H,45,52)(H,46,51)(H,47,55)(H,53,54)/t35-,36-,37-,40?,41?,42?,48?,49?,50?/m0/s1. The first kappa shape index (κ1) is 41.5. The van der Waals surface area contributed by atoms with E-state index in [2.05, 4.69) is 16.0 Å². The molecule has 59 heavy (non-hydrogen) atoms. The average Bonchev–Trinajstić information content (AvgIpc) is 4.17. The van der Waals surface area contributed by atoms with E-state index in [0.29, 0.717) is 38.9 Å². The van der Waals surface area contributed by atoms with Crippen LogP contribution < -0.4 is 16.0 Å². The SMILES string of the molecule is O=C(N[C@@H](CCCN1OC1c1ccccc1)C(=O)N[C@@H](CCCN1OC1c1ccccc1)C(=O)N[C@@H](CCCN1OC1c1ccccc1)C(=O)O)OCc1ccccc1. The molecule has 0 spiro atoms. The molecule has 310 valence electrons. The van der Waals surface area contributed by atoms with Gasteiger partial charge in [0.2, 0.25) is 11.8 Å². The van der Waals surface area contributed by atoms with Crippen LogP contribution in [-0.4, -0.2) is 81.9 Å². The number of carboxylic acid groups (broad SMARTS) is 1. The molecule has 15 nitrogen and oxygen atoms in total. The third-order valence-corrected chi connectivity index (χ3v) is 10.3. The predicted molar refractivity (Wildman–Crippen MR) is 214 cm³/mol. The van der Waals surface area contributed by atoms with Crippen LogP contribution in [0.5, 0.6) is 0 Å². The lowest BCUT2D eigenvalue weighted by molar-refractivity contribution is -0.142. The molecule has 4 N–H and O–H groups in total.